The molecule has 8 nitrogen and oxygen atoms in total. The van der Waals surface area contributed by atoms with Gasteiger partial charge in [0.15, 0.2) is 0 Å². The summed E-state index contributed by atoms with van der Waals surface area (Å²) in [5, 5.41) is 12.9. The van der Waals surface area contributed by atoms with E-state index in [1.165, 1.54) is 9.80 Å². The first kappa shape index (κ1) is 25.2. The maximum atomic E-state index is 14.0. The minimum Gasteiger partial charge on any atom is -0.445 e. The van der Waals surface area contributed by atoms with Crippen LogP contribution in [0.5, 0.6) is 0 Å². The number of likely N-dealkylation sites (N-methyl/N-ethyl adjacent to an activating group) is 1. The molecule has 1 N–H and O–H groups in total. The van der Waals surface area contributed by atoms with Crippen LogP contribution in [0, 0.1) is 17.2 Å². The van der Waals surface area contributed by atoms with Crippen molar-refractivity contribution in [2.45, 2.75) is 57.7 Å². The molecule has 2 aromatic rings. The molecule has 1 fully saturated rings. The van der Waals surface area contributed by atoms with Gasteiger partial charge in [0.25, 0.3) is 0 Å². The summed E-state index contributed by atoms with van der Waals surface area (Å²) >= 11 is 0. The van der Waals surface area contributed by atoms with Crippen LogP contribution >= 0.6 is 0 Å². The number of benzene rings is 2. The van der Waals surface area contributed by atoms with Gasteiger partial charge in [-0.05, 0) is 36.5 Å². The Kier molecular flexibility index (Phi) is 7.30. The third-order valence-corrected chi connectivity index (χ3v) is 7.05. The number of amides is 3. The zero-order valence-electron chi connectivity index (χ0n) is 20.9. The Labute approximate surface area is 211 Å². The summed E-state index contributed by atoms with van der Waals surface area (Å²) < 4.78 is 5.55. The van der Waals surface area contributed by atoms with Crippen molar-refractivity contribution < 1.29 is 19.1 Å². The van der Waals surface area contributed by atoms with Crippen LogP contribution < -0.4 is 5.32 Å². The lowest BCUT2D eigenvalue weighted by molar-refractivity contribution is -0.137. The van der Waals surface area contributed by atoms with Crippen molar-refractivity contribution in [2.24, 2.45) is 5.92 Å². The van der Waals surface area contributed by atoms with E-state index < -0.39 is 23.6 Å². The summed E-state index contributed by atoms with van der Waals surface area (Å²) in [5.41, 5.74) is 1.40. The van der Waals surface area contributed by atoms with E-state index in [2.05, 4.69) is 11.4 Å². The maximum absolute atomic E-state index is 14.0. The summed E-state index contributed by atoms with van der Waals surface area (Å²) in [6.07, 6.45) is 0.0564. The molecule has 0 unspecified atom stereocenters. The molecule has 2 heterocycles. The molecule has 1 spiro atoms. The smallest absolute Gasteiger partial charge is 0.410 e. The molecule has 36 heavy (non-hydrogen) atoms. The molecule has 2 aromatic carbocycles. The fourth-order valence-electron chi connectivity index (χ4n) is 5.26. The minimum atomic E-state index is -0.972. The topological polar surface area (TPSA) is 103 Å². The molecule has 2 aliphatic rings. The second-order valence-corrected chi connectivity index (χ2v) is 9.87. The fraction of sp³-hybridized carbons (Fsp3) is 0.429. The highest BCUT2D eigenvalue weighted by Crippen LogP contribution is 2.46. The standard InChI is InChI=1S/C28H32N4O4/c1-4-31(27(35)36-17-20-10-6-5-7-11-20)24(14-19(2)3)25(33)32-18-28(15-21(32)16-29)22-12-8-9-13-23(22)30-26(28)34/h5-13,19,21,24H,4,14-15,17-18H2,1-3H3,(H,30,34)/t21-,24-,28-/m0/s1. The van der Waals surface area contributed by atoms with Crippen molar-refractivity contribution in [2.75, 3.05) is 18.4 Å². The molecule has 3 atom stereocenters. The van der Waals surface area contributed by atoms with Gasteiger partial charge in [-0.2, -0.15) is 5.26 Å². The first-order valence-corrected chi connectivity index (χ1v) is 12.4. The Hall–Kier alpha value is -3.86. The first-order valence-electron chi connectivity index (χ1n) is 12.4. The number of nitrogens with zero attached hydrogens (tertiary/aromatic N) is 3. The number of carbonyl (C=O) groups excluding carboxylic acids is 3. The van der Waals surface area contributed by atoms with Crippen LogP contribution in [0.4, 0.5) is 10.5 Å². The van der Waals surface area contributed by atoms with Gasteiger partial charge in [0.1, 0.15) is 18.7 Å². The van der Waals surface area contributed by atoms with E-state index in [0.29, 0.717) is 12.1 Å². The van der Waals surface area contributed by atoms with Crippen LogP contribution in [0.3, 0.4) is 0 Å². The Bertz CT molecular complexity index is 1180. The number of rotatable bonds is 7. The SMILES string of the molecule is CCN(C(=O)OCc1ccccc1)[C@@H](CC(C)C)C(=O)N1C[C@]2(C[C@H]1C#N)C(=O)Nc1ccccc12. The number of carbonyl (C=O) groups is 3. The molecule has 8 heteroatoms. The Morgan fingerprint density at radius 1 is 1.19 bits per heavy atom. The normalized spacial score (nSPS) is 21.1. The molecule has 0 aliphatic carbocycles. The zero-order valence-corrected chi connectivity index (χ0v) is 20.9. The molecule has 0 radical (unpaired) electrons. The predicted molar refractivity (Wildman–Crippen MR) is 135 cm³/mol. The van der Waals surface area contributed by atoms with Gasteiger partial charge in [0, 0.05) is 25.2 Å². The van der Waals surface area contributed by atoms with E-state index in [-0.39, 0.29) is 43.8 Å². The number of anilines is 1. The average molecular weight is 489 g/mol. The number of hydrogen-bond donors (Lipinski definition) is 1. The molecular formula is C28H32N4O4. The van der Waals surface area contributed by atoms with Gasteiger partial charge in [-0.1, -0.05) is 62.4 Å². The van der Waals surface area contributed by atoms with Gasteiger partial charge in [-0.15, -0.1) is 0 Å². The van der Waals surface area contributed by atoms with Crippen LogP contribution in [-0.4, -0.2) is 52.9 Å². The third kappa shape index (κ3) is 4.66. The van der Waals surface area contributed by atoms with Crippen molar-refractivity contribution in [1.82, 2.24) is 9.80 Å². The summed E-state index contributed by atoms with van der Waals surface area (Å²) in [5.74, 6) is -0.417. The van der Waals surface area contributed by atoms with E-state index >= 15 is 0 Å². The largest absolute Gasteiger partial charge is 0.445 e. The van der Waals surface area contributed by atoms with E-state index in [1.807, 2.05) is 68.4 Å². The number of hydrogen-bond acceptors (Lipinski definition) is 5. The molecule has 3 amide bonds. The van der Waals surface area contributed by atoms with Crippen LogP contribution in [0.15, 0.2) is 54.6 Å². The van der Waals surface area contributed by atoms with Crippen LogP contribution in [0.1, 0.15) is 44.7 Å². The Balaban J connectivity index is 1.59. The van der Waals surface area contributed by atoms with E-state index in [0.717, 1.165) is 11.1 Å². The van der Waals surface area contributed by atoms with E-state index in [1.54, 1.807) is 6.92 Å². The van der Waals surface area contributed by atoms with Crippen molar-refractivity contribution in [1.29, 1.82) is 5.26 Å². The molecule has 0 saturated carbocycles. The Morgan fingerprint density at radius 3 is 2.56 bits per heavy atom. The quantitative estimate of drug-likeness (QED) is 0.633. The monoisotopic (exact) mass is 488 g/mol. The molecular weight excluding hydrogens is 456 g/mol. The summed E-state index contributed by atoms with van der Waals surface area (Å²) in [6, 6.07) is 17.4. The highest BCUT2D eigenvalue weighted by atomic mass is 16.6. The zero-order chi connectivity index (χ0) is 25.9. The second kappa shape index (κ2) is 10.4. The Morgan fingerprint density at radius 2 is 1.89 bits per heavy atom. The highest BCUT2D eigenvalue weighted by molar-refractivity contribution is 6.07. The van der Waals surface area contributed by atoms with Crippen LogP contribution in [-0.2, 0) is 26.3 Å². The average Bonchev–Trinajstić information content (AvgIpc) is 3.40. The lowest BCUT2D eigenvalue weighted by Crippen LogP contribution is -2.53. The van der Waals surface area contributed by atoms with Crippen molar-refractivity contribution in [3.63, 3.8) is 0 Å². The van der Waals surface area contributed by atoms with E-state index in [9.17, 15) is 19.6 Å². The number of likely N-dealkylation sites (tertiary alicyclic amines) is 1. The summed E-state index contributed by atoms with van der Waals surface area (Å²) in [7, 11) is 0. The van der Waals surface area contributed by atoms with Crippen LogP contribution in [0.2, 0.25) is 0 Å². The van der Waals surface area contributed by atoms with Crippen LogP contribution in [0.25, 0.3) is 0 Å². The van der Waals surface area contributed by atoms with Gasteiger partial charge in [0.2, 0.25) is 11.8 Å². The van der Waals surface area contributed by atoms with Gasteiger partial charge in [0.05, 0.1) is 11.5 Å². The molecule has 4 rings (SSSR count). The number of para-hydroxylation sites is 1. The number of nitrogens with one attached hydrogen (secondary N) is 1. The molecule has 0 aromatic heterocycles. The molecule has 1 saturated heterocycles. The minimum absolute atomic E-state index is 0.0954. The van der Waals surface area contributed by atoms with Crippen molar-refractivity contribution in [3.8, 4) is 6.07 Å². The lowest BCUT2D eigenvalue weighted by atomic mass is 9.80. The number of ether oxygens (including phenoxy) is 1. The van der Waals surface area contributed by atoms with Gasteiger partial charge >= 0.3 is 6.09 Å². The number of fused-ring (bicyclic) bond motifs is 2. The van der Waals surface area contributed by atoms with Crippen molar-refractivity contribution in [3.05, 3.63) is 65.7 Å². The second-order valence-electron chi connectivity index (χ2n) is 9.87. The molecule has 0 bridgehead atoms. The predicted octanol–water partition coefficient (Wildman–Crippen LogP) is 4.07. The van der Waals surface area contributed by atoms with Crippen molar-refractivity contribution >= 4 is 23.6 Å². The first-order chi connectivity index (χ1) is 17.3. The summed E-state index contributed by atoms with van der Waals surface area (Å²) in [4.78, 5) is 43.1. The lowest BCUT2D eigenvalue weighted by Gasteiger charge is -2.34. The van der Waals surface area contributed by atoms with Gasteiger partial charge in [-0.25, -0.2) is 4.79 Å². The summed E-state index contributed by atoms with van der Waals surface area (Å²) in [6.45, 7) is 6.24. The fourth-order valence-corrected chi connectivity index (χ4v) is 5.26. The van der Waals surface area contributed by atoms with Gasteiger partial charge < -0.3 is 15.0 Å². The molecule has 188 valence electrons. The third-order valence-electron chi connectivity index (χ3n) is 7.05. The number of nitriles is 1. The van der Waals surface area contributed by atoms with Gasteiger partial charge in [-0.3, -0.25) is 14.5 Å². The highest BCUT2D eigenvalue weighted by Gasteiger charge is 2.56. The maximum Gasteiger partial charge on any atom is 0.410 e. The van der Waals surface area contributed by atoms with E-state index in [4.69, 9.17) is 4.74 Å². The molecule has 2 aliphatic heterocycles.